The molecule has 0 amide bonds. The molecule has 1 fully saturated rings. The minimum absolute atomic E-state index is 0.0134. The molecule has 1 saturated heterocycles. The van der Waals surface area contributed by atoms with E-state index in [-0.39, 0.29) is 59.6 Å². The molecule has 0 bridgehead atoms. The summed E-state index contributed by atoms with van der Waals surface area (Å²) >= 11 is 0. The van der Waals surface area contributed by atoms with Crippen LogP contribution >= 0.6 is 0 Å². The number of ketones is 1. The fraction of sp³-hybridized carbons (Fsp3) is 0.500. The molecule has 1 unspecified atom stereocenters. The monoisotopic (exact) mass is 707 g/mol. The van der Waals surface area contributed by atoms with Crippen LogP contribution in [-0.2, 0) is 37.7 Å². The summed E-state index contributed by atoms with van der Waals surface area (Å²) in [5.74, 6) is -0.401. The van der Waals surface area contributed by atoms with Gasteiger partial charge in [-0.2, -0.15) is 4.31 Å². The second kappa shape index (κ2) is 13.2. The third kappa shape index (κ3) is 6.64. The number of sulfone groups is 1. The predicted octanol–water partition coefficient (Wildman–Crippen LogP) is 5.38. The van der Waals surface area contributed by atoms with E-state index in [1.165, 1.54) is 16.6 Å². The summed E-state index contributed by atoms with van der Waals surface area (Å²) in [4.78, 5) is 18.6. The molecule has 4 heterocycles. The number of benzene rings is 2. The van der Waals surface area contributed by atoms with Crippen LogP contribution in [0.2, 0.25) is 0 Å². The first-order valence-electron chi connectivity index (χ1n) is 16.9. The third-order valence-electron chi connectivity index (χ3n) is 10.4. The van der Waals surface area contributed by atoms with Gasteiger partial charge in [-0.3, -0.25) is 4.79 Å². The van der Waals surface area contributed by atoms with Crippen LogP contribution in [0.3, 0.4) is 0 Å². The predicted molar refractivity (Wildman–Crippen MR) is 188 cm³/mol. The van der Waals surface area contributed by atoms with Crippen LogP contribution in [0.4, 0.5) is 0 Å². The molecule has 0 radical (unpaired) electrons. The molecular formula is C36H45N5O6S2. The first-order valence-corrected chi connectivity index (χ1v) is 20.2. The van der Waals surface area contributed by atoms with Crippen molar-refractivity contribution in [2.45, 2.75) is 90.8 Å². The van der Waals surface area contributed by atoms with Crippen molar-refractivity contribution in [1.29, 1.82) is 0 Å². The third-order valence-corrected chi connectivity index (χ3v) is 14.0. The topological polar surface area (TPSA) is 141 Å². The molecule has 2 aromatic heterocycles. The first kappa shape index (κ1) is 35.2. The van der Waals surface area contributed by atoms with Gasteiger partial charge in [0, 0.05) is 37.0 Å². The summed E-state index contributed by atoms with van der Waals surface area (Å²) in [5, 5.41) is 8.82. The number of fused-ring (bicyclic) bond motifs is 2. The van der Waals surface area contributed by atoms with Crippen molar-refractivity contribution < 1.29 is 26.4 Å². The average Bonchev–Trinajstić information content (AvgIpc) is 3.62. The van der Waals surface area contributed by atoms with E-state index in [2.05, 4.69) is 15.3 Å². The van der Waals surface area contributed by atoms with E-state index in [0.717, 1.165) is 38.9 Å². The van der Waals surface area contributed by atoms with Crippen molar-refractivity contribution in [3.63, 3.8) is 0 Å². The highest BCUT2D eigenvalue weighted by atomic mass is 32.2. The Balaban J connectivity index is 1.44. The average molecular weight is 708 g/mol. The lowest BCUT2D eigenvalue weighted by atomic mass is 9.66. The van der Waals surface area contributed by atoms with Gasteiger partial charge in [0.1, 0.15) is 22.3 Å². The molecule has 13 heteroatoms. The van der Waals surface area contributed by atoms with E-state index in [9.17, 15) is 21.6 Å². The molecule has 262 valence electrons. The van der Waals surface area contributed by atoms with Crippen LogP contribution in [0.1, 0.15) is 80.7 Å². The largest absolute Gasteiger partial charge is 0.472 e. The van der Waals surface area contributed by atoms with Crippen molar-refractivity contribution in [2.24, 2.45) is 11.3 Å². The van der Waals surface area contributed by atoms with Gasteiger partial charge in [0.25, 0.3) is 0 Å². The zero-order chi connectivity index (χ0) is 35.3. The maximum absolute atomic E-state index is 14.3. The van der Waals surface area contributed by atoms with Gasteiger partial charge < -0.3 is 4.74 Å². The number of Topliss-reactive ketones (excluding diaryl/α,β-unsaturated/α-hetero) is 1. The van der Waals surface area contributed by atoms with Crippen LogP contribution in [0.25, 0.3) is 11.0 Å². The van der Waals surface area contributed by atoms with E-state index in [4.69, 9.17) is 4.74 Å². The summed E-state index contributed by atoms with van der Waals surface area (Å²) in [6.45, 7) is 12.7. The quantitative estimate of drug-likeness (QED) is 0.213. The van der Waals surface area contributed by atoms with Gasteiger partial charge in [-0.15, -0.1) is 5.10 Å². The van der Waals surface area contributed by atoms with Gasteiger partial charge >= 0.3 is 0 Å². The molecule has 2 aliphatic rings. The number of aromatic nitrogens is 4. The number of nitrogens with zero attached hydrogens (tertiary/aromatic N) is 5. The molecule has 0 spiro atoms. The normalized spacial score (nSPS) is 21.2. The summed E-state index contributed by atoms with van der Waals surface area (Å²) in [6, 6.07) is 13.2. The lowest BCUT2D eigenvalue weighted by molar-refractivity contribution is -0.128. The summed E-state index contributed by atoms with van der Waals surface area (Å²) in [7, 11) is -7.07. The van der Waals surface area contributed by atoms with E-state index >= 15 is 0 Å². The Kier molecular flexibility index (Phi) is 9.48. The Morgan fingerprint density at radius 2 is 1.86 bits per heavy atom. The van der Waals surface area contributed by atoms with Crippen molar-refractivity contribution in [1.82, 2.24) is 24.3 Å². The summed E-state index contributed by atoms with van der Waals surface area (Å²) in [5.41, 5.74) is 5.14. The highest BCUT2D eigenvalue weighted by Crippen LogP contribution is 2.46. The van der Waals surface area contributed by atoms with Crippen LogP contribution in [-0.4, -0.2) is 71.1 Å². The Bertz CT molecular complexity index is 2130. The van der Waals surface area contributed by atoms with Crippen LogP contribution in [0.15, 0.2) is 53.6 Å². The Morgan fingerprint density at radius 3 is 2.55 bits per heavy atom. The summed E-state index contributed by atoms with van der Waals surface area (Å²) < 4.78 is 61.9. The molecule has 0 N–H and O–H groups in total. The Hall–Kier alpha value is -3.68. The number of hydrogen-bond acceptors (Lipinski definition) is 9. The minimum Gasteiger partial charge on any atom is -0.472 e. The van der Waals surface area contributed by atoms with Gasteiger partial charge in [-0.25, -0.2) is 26.5 Å². The zero-order valence-corrected chi connectivity index (χ0v) is 30.6. The molecule has 3 atom stereocenters. The van der Waals surface area contributed by atoms with E-state index in [1.807, 2.05) is 76.6 Å². The molecule has 0 aliphatic carbocycles. The lowest BCUT2D eigenvalue weighted by Crippen LogP contribution is -2.37. The van der Waals surface area contributed by atoms with Crippen molar-refractivity contribution in [3.05, 3.63) is 76.5 Å². The molecule has 6 rings (SSSR count). The van der Waals surface area contributed by atoms with Crippen molar-refractivity contribution in [3.8, 4) is 5.88 Å². The fourth-order valence-corrected chi connectivity index (χ4v) is 10.7. The number of rotatable bonds is 10. The van der Waals surface area contributed by atoms with Crippen molar-refractivity contribution >= 4 is 36.7 Å². The first-order chi connectivity index (χ1) is 23.2. The van der Waals surface area contributed by atoms with E-state index in [1.54, 1.807) is 6.07 Å². The zero-order valence-electron chi connectivity index (χ0n) is 29.0. The van der Waals surface area contributed by atoms with Gasteiger partial charge in [0.15, 0.2) is 9.84 Å². The molecule has 49 heavy (non-hydrogen) atoms. The van der Waals surface area contributed by atoms with E-state index < -0.39 is 31.2 Å². The van der Waals surface area contributed by atoms with Crippen molar-refractivity contribution in [2.75, 3.05) is 18.1 Å². The number of hydrogen-bond donors (Lipinski definition) is 0. The fourth-order valence-electron chi connectivity index (χ4n) is 7.35. The van der Waals surface area contributed by atoms with Gasteiger partial charge in [-0.05, 0) is 85.5 Å². The standard InChI is InChI=1S/C36H45N5O6S2/c1-7-28-21-40(49(45,46)31-10-9-16-37-35(31)47-28)20-27-19-26(12-11-23(27)3)33(29-13-14-30-34(24(29)4)38-39-41(30)8-2)36(5,6)32(42)18-25-15-17-48(43,44)22-25/h9-14,16,19,25,28,33H,7-8,15,17-18,20-22H2,1-6H3/t25?,28-,33+/m1/s1. The second-order valence-corrected chi connectivity index (χ2v) is 18.2. The van der Waals surface area contributed by atoms with Crippen LogP contribution in [0, 0.1) is 25.2 Å². The highest BCUT2D eigenvalue weighted by Gasteiger charge is 2.42. The summed E-state index contributed by atoms with van der Waals surface area (Å²) in [6.07, 6.45) is 2.42. The second-order valence-electron chi connectivity index (χ2n) is 14.0. The molecule has 0 saturated carbocycles. The minimum atomic E-state index is -3.93. The SMILES string of the molecule is CC[C@@H]1CN(Cc2cc([C@@H](c3ccc4c(nnn4CC)c3C)C(C)(C)C(=O)CC3CCS(=O)(=O)C3)ccc2C)S(=O)(=O)c2cccnc2O1. The number of ether oxygens (including phenoxy) is 1. The lowest BCUT2D eigenvalue weighted by Gasteiger charge is -2.36. The molecule has 2 aliphatic heterocycles. The smallest absolute Gasteiger partial charge is 0.248 e. The maximum Gasteiger partial charge on any atom is 0.248 e. The number of pyridine rings is 1. The van der Waals surface area contributed by atoms with Crippen LogP contribution in [0.5, 0.6) is 5.88 Å². The number of carbonyl (C=O) groups is 1. The van der Waals surface area contributed by atoms with Gasteiger partial charge in [0.05, 0.1) is 23.6 Å². The van der Waals surface area contributed by atoms with Gasteiger partial charge in [0.2, 0.25) is 15.9 Å². The molecule has 11 nitrogen and oxygen atoms in total. The molecular weight excluding hydrogens is 663 g/mol. The maximum atomic E-state index is 14.3. The number of carbonyl (C=O) groups excluding carboxylic acids is 1. The van der Waals surface area contributed by atoms with Gasteiger partial charge in [-0.1, -0.05) is 50.3 Å². The Morgan fingerprint density at radius 1 is 1.08 bits per heavy atom. The Labute approximate surface area is 289 Å². The number of aryl methyl sites for hydroxylation is 3. The number of sulfonamides is 1. The van der Waals surface area contributed by atoms with Crippen LogP contribution < -0.4 is 4.74 Å². The molecule has 2 aromatic carbocycles. The van der Waals surface area contributed by atoms with E-state index in [0.29, 0.717) is 19.4 Å². The molecule has 4 aromatic rings. The highest BCUT2D eigenvalue weighted by molar-refractivity contribution is 7.91.